The molecule has 1 saturated heterocycles. The lowest BCUT2D eigenvalue weighted by Gasteiger charge is -2.43. The van der Waals surface area contributed by atoms with Crippen LogP contribution < -0.4 is 5.73 Å². The van der Waals surface area contributed by atoms with Crippen molar-refractivity contribution in [1.82, 2.24) is 14.7 Å². The molecule has 0 radical (unpaired) electrons. The third kappa shape index (κ3) is 3.51. The summed E-state index contributed by atoms with van der Waals surface area (Å²) in [4.78, 5) is 23.5. The van der Waals surface area contributed by atoms with Crippen molar-refractivity contribution in [2.75, 3.05) is 19.6 Å². The quantitative estimate of drug-likeness (QED) is 0.898. The van der Waals surface area contributed by atoms with E-state index in [-0.39, 0.29) is 18.2 Å². The normalized spacial score (nSPS) is 23.7. The molecule has 1 unspecified atom stereocenters. The first-order valence-electron chi connectivity index (χ1n) is 9.19. The largest absolute Gasteiger partial charge is 0.341 e. The predicted molar refractivity (Wildman–Crippen MR) is 100 cm³/mol. The van der Waals surface area contributed by atoms with Crippen LogP contribution in [0.1, 0.15) is 37.8 Å². The first-order chi connectivity index (χ1) is 12.5. The predicted octanol–water partition coefficient (Wildman–Crippen LogP) is 1.94. The number of nitrogens with two attached hydrogens (primary N) is 1. The number of carbonyl (C=O) groups excluding carboxylic acids is 1. The molecule has 1 aromatic carbocycles. The van der Waals surface area contributed by atoms with Crippen LogP contribution in [-0.4, -0.2) is 58.5 Å². The highest BCUT2D eigenvalue weighted by Crippen LogP contribution is 2.22. The Kier molecular flexibility index (Phi) is 5.43. The Balaban J connectivity index is 1.95. The summed E-state index contributed by atoms with van der Waals surface area (Å²) in [5.41, 5.74) is 7.55. The Morgan fingerprint density at radius 2 is 2.15 bits per heavy atom. The van der Waals surface area contributed by atoms with Crippen LogP contribution in [-0.2, 0) is 6.54 Å². The summed E-state index contributed by atoms with van der Waals surface area (Å²) in [6.07, 6.45) is 1.78. The van der Waals surface area contributed by atoms with Crippen LogP contribution in [0.2, 0.25) is 0 Å². The van der Waals surface area contributed by atoms with Gasteiger partial charge in [-0.25, -0.2) is 9.79 Å². The Morgan fingerprint density at radius 3 is 2.85 bits per heavy atom. The molecule has 138 valence electrons. The number of hydrogen-bond donors (Lipinski definition) is 1. The van der Waals surface area contributed by atoms with Crippen molar-refractivity contribution in [3.63, 3.8) is 0 Å². The molecular weight excluding hydrogens is 328 g/mol. The Labute approximate surface area is 154 Å². The summed E-state index contributed by atoms with van der Waals surface area (Å²) in [5, 5.41) is 9.38. The maximum atomic E-state index is 13.1. The van der Waals surface area contributed by atoms with E-state index < -0.39 is 0 Å². The van der Waals surface area contributed by atoms with Crippen molar-refractivity contribution in [1.29, 1.82) is 5.26 Å². The molecule has 3 rings (SSSR count). The minimum atomic E-state index is -0.205. The maximum Gasteiger partial charge on any atom is 0.328 e. The lowest BCUT2D eigenvalue weighted by molar-refractivity contribution is 0.139. The molecule has 2 aliphatic rings. The fourth-order valence-electron chi connectivity index (χ4n) is 3.63. The van der Waals surface area contributed by atoms with Crippen molar-refractivity contribution in [2.24, 2.45) is 10.7 Å². The maximum absolute atomic E-state index is 13.1. The first kappa shape index (κ1) is 18.2. The highest BCUT2D eigenvalue weighted by Gasteiger charge is 2.36. The molecule has 0 aliphatic carbocycles. The molecule has 0 aromatic heterocycles. The fraction of sp³-hybridized carbons (Fsp3) is 0.526. The number of urea groups is 1. The summed E-state index contributed by atoms with van der Waals surface area (Å²) >= 11 is 0. The van der Waals surface area contributed by atoms with E-state index in [2.05, 4.69) is 11.0 Å². The number of guanidine groups is 1. The first-order valence-corrected chi connectivity index (χ1v) is 9.19. The fourth-order valence-corrected chi connectivity index (χ4v) is 3.63. The number of carbonyl (C=O) groups is 1. The Bertz CT molecular complexity index is 740. The van der Waals surface area contributed by atoms with Crippen molar-refractivity contribution in [3.05, 3.63) is 35.4 Å². The van der Waals surface area contributed by atoms with Gasteiger partial charge >= 0.3 is 6.03 Å². The van der Waals surface area contributed by atoms with Gasteiger partial charge in [0.05, 0.1) is 18.2 Å². The molecule has 2 amide bonds. The molecular formula is C19H26N6O. The van der Waals surface area contributed by atoms with Crippen LogP contribution in [0.5, 0.6) is 0 Å². The molecule has 0 saturated carbocycles. The van der Waals surface area contributed by atoms with E-state index in [1.54, 1.807) is 15.9 Å². The lowest BCUT2D eigenvalue weighted by Crippen LogP contribution is -2.60. The minimum Gasteiger partial charge on any atom is -0.341 e. The molecule has 26 heavy (non-hydrogen) atoms. The molecule has 0 bridgehead atoms. The van der Waals surface area contributed by atoms with Gasteiger partial charge in [0.25, 0.3) is 0 Å². The van der Waals surface area contributed by atoms with Gasteiger partial charge in [0, 0.05) is 25.7 Å². The smallest absolute Gasteiger partial charge is 0.328 e. The highest BCUT2D eigenvalue weighted by atomic mass is 16.2. The second-order valence-electron chi connectivity index (χ2n) is 6.83. The summed E-state index contributed by atoms with van der Waals surface area (Å²) < 4.78 is 0. The van der Waals surface area contributed by atoms with Crippen LogP contribution in [0, 0.1) is 11.3 Å². The minimum absolute atomic E-state index is 0.0723. The lowest BCUT2D eigenvalue weighted by atomic mass is 10.1. The number of nitriles is 1. The van der Waals surface area contributed by atoms with Gasteiger partial charge in [-0.05, 0) is 38.3 Å². The van der Waals surface area contributed by atoms with E-state index in [1.165, 1.54) is 0 Å². The van der Waals surface area contributed by atoms with Gasteiger partial charge in [-0.2, -0.15) is 5.26 Å². The standard InChI is InChI=1S/C19H26N6O/c1-3-24-14(2)22-18(23-10-6-9-17(21)13-23)25(19(24)26)12-16-8-5-4-7-15(16)11-20/h4-5,7-8,14,17H,3,6,9-10,12-13,21H2,1-2H3/t14?,17-/m1/s1. The number of likely N-dealkylation sites (tertiary alicyclic amines) is 1. The Morgan fingerprint density at radius 1 is 1.38 bits per heavy atom. The van der Waals surface area contributed by atoms with Gasteiger partial charge in [-0.15, -0.1) is 0 Å². The van der Waals surface area contributed by atoms with E-state index in [0.29, 0.717) is 31.2 Å². The van der Waals surface area contributed by atoms with E-state index in [1.807, 2.05) is 32.0 Å². The van der Waals surface area contributed by atoms with Crippen LogP contribution in [0.3, 0.4) is 0 Å². The zero-order valence-corrected chi connectivity index (χ0v) is 15.4. The van der Waals surface area contributed by atoms with Crippen molar-refractivity contribution in [2.45, 2.75) is 45.4 Å². The topological polar surface area (TPSA) is 89.0 Å². The Hall–Kier alpha value is -2.59. The van der Waals surface area contributed by atoms with Crippen LogP contribution in [0.15, 0.2) is 29.3 Å². The number of aliphatic imine (C=N–C) groups is 1. The van der Waals surface area contributed by atoms with Gasteiger partial charge < -0.3 is 15.5 Å². The highest BCUT2D eigenvalue weighted by molar-refractivity contribution is 5.98. The summed E-state index contributed by atoms with van der Waals surface area (Å²) in [7, 11) is 0. The summed E-state index contributed by atoms with van der Waals surface area (Å²) in [6.45, 7) is 6.35. The van der Waals surface area contributed by atoms with E-state index >= 15 is 0 Å². The van der Waals surface area contributed by atoms with Crippen molar-refractivity contribution < 1.29 is 4.79 Å². The van der Waals surface area contributed by atoms with E-state index in [4.69, 9.17) is 10.7 Å². The third-order valence-corrected chi connectivity index (χ3v) is 5.02. The van der Waals surface area contributed by atoms with Crippen molar-refractivity contribution >= 4 is 12.0 Å². The van der Waals surface area contributed by atoms with Crippen LogP contribution in [0.25, 0.3) is 0 Å². The van der Waals surface area contributed by atoms with E-state index in [0.717, 1.165) is 24.9 Å². The van der Waals surface area contributed by atoms with Crippen LogP contribution in [0.4, 0.5) is 4.79 Å². The number of hydrogen-bond acceptors (Lipinski definition) is 5. The monoisotopic (exact) mass is 354 g/mol. The van der Waals surface area contributed by atoms with Gasteiger partial charge in [0.15, 0.2) is 0 Å². The SMILES string of the molecule is CCN1C(=O)N(Cc2ccccc2C#N)C(N2CCC[C@@H](N)C2)=NC1C. The number of rotatable bonds is 3. The third-order valence-electron chi connectivity index (χ3n) is 5.02. The molecule has 1 aromatic rings. The molecule has 7 heteroatoms. The van der Waals surface area contributed by atoms with Crippen molar-refractivity contribution in [3.8, 4) is 6.07 Å². The molecule has 1 fully saturated rings. The van der Waals surface area contributed by atoms with Gasteiger partial charge in [-0.1, -0.05) is 18.2 Å². The zero-order chi connectivity index (χ0) is 18.7. The van der Waals surface area contributed by atoms with Gasteiger partial charge in [0.2, 0.25) is 5.96 Å². The second kappa shape index (κ2) is 7.75. The second-order valence-corrected chi connectivity index (χ2v) is 6.83. The molecule has 7 nitrogen and oxygen atoms in total. The molecule has 2 atom stereocenters. The molecule has 2 heterocycles. The number of piperidine rings is 1. The molecule has 0 spiro atoms. The number of amides is 2. The average Bonchev–Trinajstić information content (AvgIpc) is 2.64. The average molecular weight is 354 g/mol. The van der Waals surface area contributed by atoms with E-state index in [9.17, 15) is 10.1 Å². The van der Waals surface area contributed by atoms with Gasteiger partial charge in [0.1, 0.15) is 6.17 Å². The summed E-state index contributed by atoms with van der Waals surface area (Å²) in [6, 6.07) is 9.61. The van der Waals surface area contributed by atoms with Crippen LogP contribution >= 0.6 is 0 Å². The summed E-state index contributed by atoms with van der Waals surface area (Å²) in [5.74, 6) is 0.676. The number of benzene rings is 1. The number of nitrogens with zero attached hydrogens (tertiary/aromatic N) is 5. The molecule has 2 aliphatic heterocycles. The zero-order valence-electron chi connectivity index (χ0n) is 15.4. The molecule has 2 N–H and O–H groups in total. The van der Waals surface area contributed by atoms with Gasteiger partial charge in [-0.3, -0.25) is 4.90 Å².